The number of nitrogens with zero attached hydrogens (tertiary/aromatic N) is 6. The highest BCUT2D eigenvalue weighted by molar-refractivity contribution is 6.13. The molecule has 0 aliphatic heterocycles. The summed E-state index contributed by atoms with van der Waals surface area (Å²) < 4.78 is 0. The molecule has 234 valence electrons. The van der Waals surface area contributed by atoms with E-state index in [-0.39, 0.29) is 0 Å². The van der Waals surface area contributed by atoms with Crippen LogP contribution >= 0.6 is 0 Å². The maximum atomic E-state index is 5.10. The number of fused-ring (bicyclic) bond motifs is 3. The Morgan fingerprint density at radius 3 is 1.52 bits per heavy atom. The van der Waals surface area contributed by atoms with Gasteiger partial charge in [0.05, 0.1) is 11.2 Å². The Morgan fingerprint density at radius 1 is 0.360 bits per heavy atom. The summed E-state index contributed by atoms with van der Waals surface area (Å²) >= 11 is 0. The van der Waals surface area contributed by atoms with Crippen molar-refractivity contribution in [2.75, 3.05) is 0 Å². The van der Waals surface area contributed by atoms with E-state index in [1.165, 1.54) is 10.8 Å². The van der Waals surface area contributed by atoms with Crippen LogP contribution in [0.5, 0.6) is 0 Å². The summed E-state index contributed by atoms with van der Waals surface area (Å²) in [5, 5.41) is 3.56. The predicted molar refractivity (Wildman–Crippen MR) is 201 cm³/mol. The van der Waals surface area contributed by atoms with Gasteiger partial charge in [-0.2, -0.15) is 0 Å². The Morgan fingerprint density at radius 2 is 0.900 bits per heavy atom. The minimum absolute atomic E-state index is 0.563. The summed E-state index contributed by atoms with van der Waals surface area (Å²) in [5.74, 6) is 1.72. The van der Waals surface area contributed by atoms with Crippen LogP contribution in [0.1, 0.15) is 0 Å². The van der Waals surface area contributed by atoms with E-state index < -0.39 is 0 Å². The van der Waals surface area contributed by atoms with Crippen LogP contribution in [0.4, 0.5) is 0 Å². The van der Waals surface area contributed by atoms with Crippen molar-refractivity contribution < 1.29 is 0 Å². The molecule has 4 heterocycles. The van der Waals surface area contributed by atoms with Crippen molar-refractivity contribution in [2.45, 2.75) is 0 Å². The van der Waals surface area contributed by atoms with Crippen LogP contribution < -0.4 is 0 Å². The topological polar surface area (TPSA) is 77.3 Å². The largest absolute Gasteiger partial charge is 0.264 e. The fraction of sp³-hybridized carbons (Fsp3) is 0. The van der Waals surface area contributed by atoms with Crippen molar-refractivity contribution in [1.29, 1.82) is 0 Å². The van der Waals surface area contributed by atoms with Crippen LogP contribution in [0, 0.1) is 0 Å². The molecule has 5 aromatic carbocycles. The van der Waals surface area contributed by atoms with Crippen LogP contribution in [0.2, 0.25) is 0 Å². The monoisotopic (exact) mass is 640 g/mol. The first-order valence-electron chi connectivity index (χ1n) is 16.4. The smallest absolute Gasteiger partial charge is 0.165 e. The first-order chi connectivity index (χ1) is 24.8. The second-order valence-electron chi connectivity index (χ2n) is 12.0. The zero-order valence-corrected chi connectivity index (χ0v) is 26.8. The molecule has 9 aromatic rings. The van der Waals surface area contributed by atoms with Gasteiger partial charge < -0.3 is 0 Å². The maximum Gasteiger partial charge on any atom is 0.165 e. The average Bonchev–Trinajstić information content (AvgIpc) is 3.21. The third kappa shape index (κ3) is 5.55. The van der Waals surface area contributed by atoms with E-state index in [1.807, 2.05) is 30.3 Å². The van der Waals surface area contributed by atoms with E-state index >= 15 is 0 Å². The number of hydrogen-bond donors (Lipinski definition) is 0. The Balaban J connectivity index is 1.09. The average molecular weight is 641 g/mol. The Kier molecular flexibility index (Phi) is 7.37. The predicted octanol–water partition coefficient (Wildman–Crippen LogP) is 10.4. The first kappa shape index (κ1) is 29.2. The second-order valence-corrected chi connectivity index (χ2v) is 12.0. The van der Waals surface area contributed by atoms with E-state index in [1.54, 1.807) is 24.8 Å². The molecule has 0 N–H and O–H groups in total. The van der Waals surface area contributed by atoms with Gasteiger partial charge in [0, 0.05) is 52.4 Å². The molecule has 0 radical (unpaired) electrons. The number of aromatic nitrogens is 6. The lowest BCUT2D eigenvalue weighted by molar-refractivity contribution is 1.07. The number of hydrogen-bond acceptors (Lipinski definition) is 6. The normalized spacial score (nSPS) is 11.2. The standard InChI is InChI=1S/C44H28N6/c1-2-9-33(10-3-1)40-26-38(41-37-13-5-4-8-31(37)22-23-39(41)47-40)32-18-14-29(15-19-32)30-16-20-34(21-17-30)42-48-43(35-11-6-24-45-27-35)50-44(49-42)36-12-7-25-46-28-36/h1-28H. The summed E-state index contributed by atoms with van der Waals surface area (Å²) in [5.41, 5.74) is 10.1. The molecule has 0 spiro atoms. The third-order valence-electron chi connectivity index (χ3n) is 8.92. The Hall–Kier alpha value is -6.92. The summed E-state index contributed by atoms with van der Waals surface area (Å²) in [7, 11) is 0. The molecule has 0 aliphatic rings. The van der Waals surface area contributed by atoms with Crippen LogP contribution in [-0.4, -0.2) is 29.9 Å². The molecule has 0 bridgehead atoms. The summed E-state index contributed by atoms with van der Waals surface area (Å²) in [6, 6.07) is 50.2. The zero-order valence-electron chi connectivity index (χ0n) is 26.8. The number of pyridine rings is 3. The van der Waals surface area contributed by atoms with Crippen molar-refractivity contribution >= 4 is 21.7 Å². The first-order valence-corrected chi connectivity index (χ1v) is 16.4. The maximum absolute atomic E-state index is 5.10. The minimum atomic E-state index is 0.563. The van der Waals surface area contributed by atoms with Gasteiger partial charge in [0.1, 0.15) is 0 Å². The van der Waals surface area contributed by atoms with Gasteiger partial charge in [-0.3, -0.25) is 9.97 Å². The SMILES string of the molecule is c1ccc(-c2cc(-c3ccc(-c4ccc(-c5nc(-c6cccnc6)nc(-c6cccnc6)n5)cc4)cc3)c3c(ccc4ccccc43)n2)cc1. The van der Waals surface area contributed by atoms with Gasteiger partial charge in [-0.1, -0.05) is 109 Å². The molecule has 0 aliphatic carbocycles. The lowest BCUT2D eigenvalue weighted by Gasteiger charge is -2.14. The van der Waals surface area contributed by atoms with E-state index in [2.05, 4.69) is 125 Å². The molecule has 0 saturated carbocycles. The molecule has 0 saturated heterocycles. The molecular formula is C44H28N6. The van der Waals surface area contributed by atoms with E-state index in [4.69, 9.17) is 19.9 Å². The van der Waals surface area contributed by atoms with Crippen molar-refractivity contribution in [2.24, 2.45) is 0 Å². The molecule has 0 amide bonds. The third-order valence-corrected chi connectivity index (χ3v) is 8.92. The van der Waals surface area contributed by atoms with Gasteiger partial charge in [-0.25, -0.2) is 19.9 Å². The zero-order chi connectivity index (χ0) is 33.3. The van der Waals surface area contributed by atoms with Crippen LogP contribution in [0.15, 0.2) is 170 Å². The van der Waals surface area contributed by atoms with Crippen LogP contribution in [0.25, 0.3) is 89.4 Å². The van der Waals surface area contributed by atoms with Crippen molar-refractivity contribution in [1.82, 2.24) is 29.9 Å². The molecule has 4 aromatic heterocycles. The molecule has 50 heavy (non-hydrogen) atoms. The van der Waals surface area contributed by atoms with Gasteiger partial charge in [0.15, 0.2) is 17.5 Å². The van der Waals surface area contributed by atoms with E-state index in [0.717, 1.165) is 61.1 Å². The molecule has 0 unspecified atom stereocenters. The van der Waals surface area contributed by atoms with Crippen LogP contribution in [0.3, 0.4) is 0 Å². The van der Waals surface area contributed by atoms with Crippen molar-refractivity contribution in [3.8, 4) is 67.7 Å². The molecule has 9 rings (SSSR count). The lowest BCUT2D eigenvalue weighted by atomic mass is 9.93. The fourth-order valence-electron chi connectivity index (χ4n) is 6.40. The van der Waals surface area contributed by atoms with Crippen molar-refractivity contribution in [3.05, 3.63) is 170 Å². The fourth-order valence-corrected chi connectivity index (χ4v) is 6.40. The number of rotatable bonds is 6. The Bertz CT molecular complexity index is 2550. The lowest BCUT2D eigenvalue weighted by Crippen LogP contribution is -2.00. The second kappa shape index (κ2) is 12.6. The molecule has 0 atom stereocenters. The van der Waals surface area contributed by atoms with Gasteiger partial charge in [0.25, 0.3) is 0 Å². The molecule has 0 fully saturated rings. The minimum Gasteiger partial charge on any atom is -0.264 e. The van der Waals surface area contributed by atoms with Gasteiger partial charge in [0.2, 0.25) is 0 Å². The quantitative estimate of drug-likeness (QED) is 0.168. The highest BCUT2D eigenvalue weighted by Gasteiger charge is 2.15. The van der Waals surface area contributed by atoms with Gasteiger partial charge >= 0.3 is 0 Å². The highest BCUT2D eigenvalue weighted by atomic mass is 15.0. The molecular weight excluding hydrogens is 613 g/mol. The number of benzene rings is 5. The molecule has 6 heteroatoms. The van der Waals surface area contributed by atoms with E-state index in [0.29, 0.717) is 17.5 Å². The summed E-state index contributed by atoms with van der Waals surface area (Å²) in [6.45, 7) is 0. The van der Waals surface area contributed by atoms with E-state index in [9.17, 15) is 0 Å². The van der Waals surface area contributed by atoms with Gasteiger partial charge in [-0.15, -0.1) is 0 Å². The summed E-state index contributed by atoms with van der Waals surface area (Å²) in [4.78, 5) is 28.1. The van der Waals surface area contributed by atoms with Crippen molar-refractivity contribution in [3.63, 3.8) is 0 Å². The highest BCUT2D eigenvalue weighted by Crippen LogP contribution is 2.37. The Labute approximate surface area is 288 Å². The summed E-state index contributed by atoms with van der Waals surface area (Å²) in [6.07, 6.45) is 7.00. The van der Waals surface area contributed by atoms with Gasteiger partial charge in [-0.05, 0) is 69.4 Å². The van der Waals surface area contributed by atoms with Crippen LogP contribution in [-0.2, 0) is 0 Å². The molecule has 6 nitrogen and oxygen atoms in total.